The Labute approximate surface area is 125 Å². The van der Waals surface area contributed by atoms with E-state index in [1.54, 1.807) is 37.3 Å². The summed E-state index contributed by atoms with van der Waals surface area (Å²) < 4.78 is 0.787. The number of carbonyl (C=O) groups is 1. The second-order valence-corrected chi connectivity index (χ2v) is 5.55. The van der Waals surface area contributed by atoms with E-state index in [1.165, 1.54) is 0 Å². The summed E-state index contributed by atoms with van der Waals surface area (Å²) >= 11 is 3.32. The van der Waals surface area contributed by atoms with E-state index in [1.807, 2.05) is 6.92 Å². The van der Waals surface area contributed by atoms with Crippen molar-refractivity contribution in [1.29, 1.82) is 0 Å². The van der Waals surface area contributed by atoms with E-state index in [9.17, 15) is 9.90 Å². The molecule has 4 nitrogen and oxygen atoms in total. The Balaban J connectivity index is 2.32. The van der Waals surface area contributed by atoms with E-state index in [4.69, 9.17) is 5.73 Å². The summed E-state index contributed by atoms with van der Waals surface area (Å²) in [6.45, 7) is 3.59. The lowest BCUT2D eigenvalue weighted by Gasteiger charge is -2.12. The maximum atomic E-state index is 12.3. The highest BCUT2D eigenvalue weighted by Crippen LogP contribution is 2.26. The number of hydrogen-bond donors (Lipinski definition) is 3. The van der Waals surface area contributed by atoms with Crippen molar-refractivity contribution < 1.29 is 9.90 Å². The second-order valence-electron chi connectivity index (χ2n) is 4.64. The molecular formula is C15H15BrN2O2. The van der Waals surface area contributed by atoms with Gasteiger partial charge in [-0.3, -0.25) is 4.79 Å². The first-order valence-corrected chi connectivity index (χ1v) is 6.84. The van der Waals surface area contributed by atoms with Crippen molar-refractivity contribution in [3.8, 4) is 5.75 Å². The van der Waals surface area contributed by atoms with Crippen molar-refractivity contribution in [2.45, 2.75) is 13.8 Å². The highest BCUT2D eigenvalue weighted by Gasteiger charge is 2.12. The highest BCUT2D eigenvalue weighted by atomic mass is 79.9. The zero-order valence-electron chi connectivity index (χ0n) is 11.2. The van der Waals surface area contributed by atoms with Crippen LogP contribution in [-0.2, 0) is 0 Å². The SMILES string of the molecule is Cc1cc(NC(=O)c2cc(Br)ccc2N)c(C)cc1O. The molecule has 0 saturated carbocycles. The molecule has 0 aliphatic rings. The van der Waals surface area contributed by atoms with Gasteiger partial charge in [0, 0.05) is 15.8 Å². The predicted molar refractivity (Wildman–Crippen MR) is 84.1 cm³/mol. The van der Waals surface area contributed by atoms with Gasteiger partial charge < -0.3 is 16.2 Å². The van der Waals surface area contributed by atoms with Crippen LogP contribution in [0.1, 0.15) is 21.5 Å². The molecule has 0 aromatic heterocycles. The molecule has 20 heavy (non-hydrogen) atoms. The molecule has 104 valence electrons. The van der Waals surface area contributed by atoms with Gasteiger partial charge in [0.2, 0.25) is 0 Å². The number of phenolic OH excluding ortho intramolecular Hbond substituents is 1. The Morgan fingerprint density at radius 1 is 1.20 bits per heavy atom. The molecule has 0 atom stereocenters. The lowest BCUT2D eigenvalue weighted by atomic mass is 10.1. The average Bonchev–Trinajstić information content (AvgIpc) is 2.38. The number of anilines is 2. The van der Waals surface area contributed by atoms with Crippen molar-refractivity contribution in [1.82, 2.24) is 0 Å². The van der Waals surface area contributed by atoms with E-state index >= 15 is 0 Å². The van der Waals surface area contributed by atoms with Gasteiger partial charge in [-0.05, 0) is 55.3 Å². The van der Waals surface area contributed by atoms with Gasteiger partial charge in [-0.25, -0.2) is 0 Å². The van der Waals surface area contributed by atoms with E-state index in [0.29, 0.717) is 22.5 Å². The summed E-state index contributed by atoms with van der Waals surface area (Å²) in [4.78, 5) is 12.3. The first kappa shape index (κ1) is 14.4. The van der Waals surface area contributed by atoms with E-state index in [2.05, 4.69) is 21.2 Å². The Kier molecular flexibility index (Phi) is 3.99. The molecule has 0 fully saturated rings. The van der Waals surface area contributed by atoms with Gasteiger partial charge in [0.05, 0.1) is 5.56 Å². The number of amides is 1. The van der Waals surface area contributed by atoms with E-state index in [0.717, 1.165) is 10.0 Å². The van der Waals surface area contributed by atoms with Gasteiger partial charge in [0.1, 0.15) is 5.75 Å². The van der Waals surface area contributed by atoms with Crippen molar-refractivity contribution in [3.05, 3.63) is 51.5 Å². The summed E-state index contributed by atoms with van der Waals surface area (Å²) in [5.74, 6) is -0.0699. The van der Waals surface area contributed by atoms with Crippen LogP contribution >= 0.6 is 15.9 Å². The third kappa shape index (κ3) is 2.93. The molecule has 5 heteroatoms. The van der Waals surface area contributed by atoms with Crippen LogP contribution in [0.5, 0.6) is 5.75 Å². The van der Waals surface area contributed by atoms with Gasteiger partial charge in [0.15, 0.2) is 0 Å². The number of nitrogens with two attached hydrogens (primary N) is 1. The molecule has 2 rings (SSSR count). The fraction of sp³-hybridized carbons (Fsp3) is 0.133. The normalized spacial score (nSPS) is 10.3. The Morgan fingerprint density at radius 2 is 1.90 bits per heavy atom. The maximum absolute atomic E-state index is 12.3. The fourth-order valence-electron chi connectivity index (χ4n) is 1.85. The minimum atomic E-state index is -0.281. The monoisotopic (exact) mass is 334 g/mol. The number of phenols is 1. The number of halogens is 1. The number of nitrogen functional groups attached to an aromatic ring is 1. The summed E-state index contributed by atoms with van der Waals surface area (Å²) in [7, 11) is 0. The Bertz CT molecular complexity index is 684. The molecule has 1 amide bonds. The van der Waals surface area contributed by atoms with Crippen molar-refractivity contribution in [3.63, 3.8) is 0 Å². The molecule has 2 aromatic rings. The van der Waals surface area contributed by atoms with Crippen LogP contribution in [0.25, 0.3) is 0 Å². The van der Waals surface area contributed by atoms with Crippen LogP contribution in [0, 0.1) is 13.8 Å². The molecular weight excluding hydrogens is 320 g/mol. The summed E-state index contributed by atoms with van der Waals surface area (Å²) in [6.07, 6.45) is 0. The third-order valence-electron chi connectivity index (χ3n) is 3.05. The zero-order valence-corrected chi connectivity index (χ0v) is 12.8. The standard InChI is InChI=1S/C15H15BrN2O2/c1-8-6-14(19)9(2)5-13(8)18-15(20)11-7-10(16)3-4-12(11)17/h3-7,19H,17H2,1-2H3,(H,18,20). The summed E-state index contributed by atoms with van der Waals surface area (Å²) in [5, 5.41) is 12.4. The summed E-state index contributed by atoms with van der Waals surface area (Å²) in [5.41, 5.74) is 8.78. The van der Waals surface area contributed by atoms with Crippen LogP contribution in [0.4, 0.5) is 11.4 Å². The number of carbonyl (C=O) groups excluding carboxylic acids is 1. The van der Waals surface area contributed by atoms with Crippen molar-refractivity contribution >= 4 is 33.2 Å². The quantitative estimate of drug-likeness (QED) is 0.580. The second kappa shape index (κ2) is 5.54. The van der Waals surface area contributed by atoms with Crippen LogP contribution in [0.3, 0.4) is 0 Å². The highest BCUT2D eigenvalue weighted by molar-refractivity contribution is 9.10. The molecule has 2 aromatic carbocycles. The van der Waals surface area contributed by atoms with E-state index in [-0.39, 0.29) is 11.7 Å². The fourth-order valence-corrected chi connectivity index (χ4v) is 2.21. The minimum absolute atomic E-state index is 0.211. The molecule has 0 unspecified atom stereocenters. The van der Waals surface area contributed by atoms with Crippen LogP contribution in [0.15, 0.2) is 34.8 Å². The molecule has 0 aliphatic carbocycles. The minimum Gasteiger partial charge on any atom is -0.508 e. The van der Waals surface area contributed by atoms with Gasteiger partial charge in [-0.1, -0.05) is 15.9 Å². The average molecular weight is 335 g/mol. The van der Waals surface area contributed by atoms with Crippen molar-refractivity contribution in [2.75, 3.05) is 11.1 Å². The molecule has 4 N–H and O–H groups in total. The lowest BCUT2D eigenvalue weighted by molar-refractivity contribution is 0.102. The van der Waals surface area contributed by atoms with Gasteiger partial charge >= 0.3 is 0 Å². The van der Waals surface area contributed by atoms with Crippen LogP contribution in [-0.4, -0.2) is 11.0 Å². The van der Waals surface area contributed by atoms with Crippen molar-refractivity contribution in [2.24, 2.45) is 0 Å². The number of aryl methyl sites for hydroxylation is 2. The smallest absolute Gasteiger partial charge is 0.257 e. The predicted octanol–water partition coefficient (Wildman–Crippen LogP) is 3.61. The molecule has 0 saturated heterocycles. The van der Waals surface area contributed by atoms with E-state index < -0.39 is 0 Å². The molecule has 0 aliphatic heterocycles. The van der Waals surface area contributed by atoms with Crippen LogP contribution < -0.4 is 11.1 Å². The largest absolute Gasteiger partial charge is 0.508 e. The first-order valence-electron chi connectivity index (χ1n) is 6.05. The molecule has 0 bridgehead atoms. The molecule has 0 spiro atoms. The lowest BCUT2D eigenvalue weighted by Crippen LogP contribution is -2.15. The third-order valence-corrected chi connectivity index (χ3v) is 3.54. The Morgan fingerprint density at radius 3 is 2.60 bits per heavy atom. The van der Waals surface area contributed by atoms with Gasteiger partial charge in [0.25, 0.3) is 5.91 Å². The maximum Gasteiger partial charge on any atom is 0.257 e. The van der Waals surface area contributed by atoms with Crippen LogP contribution in [0.2, 0.25) is 0 Å². The summed E-state index contributed by atoms with van der Waals surface area (Å²) in [6, 6.07) is 8.48. The number of rotatable bonds is 2. The van der Waals surface area contributed by atoms with Gasteiger partial charge in [-0.15, -0.1) is 0 Å². The molecule has 0 heterocycles. The number of nitrogens with one attached hydrogen (secondary N) is 1. The molecule has 0 radical (unpaired) electrons. The van der Waals surface area contributed by atoms with Gasteiger partial charge in [-0.2, -0.15) is 0 Å². The number of benzene rings is 2. The zero-order chi connectivity index (χ0) is 14.9. The topological polar surface area (TPSA) is 75.4 Å². The first-order chi connectivity index (χ1) is 9.38. The number of hydrogen-bond acceptors (Lipinski definition) is 3. The Hall–Kier alpha value is -2.01. The number of aromatic hydroxyl groups is 1.